The third-order valence-electron chi connectivity index (χ3n) is 6.17. The Labute approximate surface area is 187 Å². The van der Waals surface area contributed by atoms with Crippen molar-refractivity contribution in [3.8, 4) is 5.75 Å². The predicted molar refractivity (Wildman–Crippen MR) is 129 cm³/mol. The average molecular weight is 427 g/mol. The third-order valence-corrected chi connectivity index (χ3v) is 7.48. The van der Waals surface area contributed by atoms with Gasteiger partial charge in [-0.25, -0.2) is 0 Å². The van der Waals surface area contributed by atoms with Crippen molar-refractivity contribution in [2.45, 2.75) is 39.2 Å². The van der Waals surface area contributed by atoms with Crippen LogP contribution in [0.3, 0.4) is 0 Å². The van der Waals surface area contributed by atoms with Crippen molar-refractivity contribution >= 4 is 28.3 Å². The van der Waals surface area contributed by atoms with Gasteiger partial charge in [0.15, 0.2) is 5.78 Å². The molecule has 0 aliphatic heterocycles. The molecule has 0 N–H and O–H groups in total. The van der Waals surface area contributed by atoms with Gasteiger partial charge in [-0.15, -0.1) is 11.3 Å². The maximum atomic E-state index is 12.0. The Bertz CT molecular complexity index is 1150. The molecule has 2 aliphatic rings. The summed E-state index contributed by atoms with van der Waals surface area (Å²) in [6.45, 7) is 2.24. The Morgan fingerprint density at radius 3 is 2.61 bits per heavy atom. The van der Waals surface area contributed by atoms with Crippen LogP contribution in [0, 0.1) is 5.92 Å². The fraction of sp³-hybridized carbons (Fsp3) is 0.250. The van der Waals surface area contributed by atoms with Crippen LogP contribution in [0.4, 0.5) is 0 Å². The summed E-state index contributed by atoms with van der Waals surface area (Å²) in [4.78, 5) is 14.2. The lowest BCUT2D eigenvalue weighted by molar-refractivity contribution is 0.102. The lowest BCUT2D eigenvalue weighted by Gasteiger charge is -2.20. The number of hydrogen-bond acceptors (Lipinski definition) is 3. The van der Waals surface area contributed by atoms with Crippen molar-refractivity contribution in [2.24, 2.45) is 5.92 Å². The molecule has 0 fully saturated rings. The number of benzene rings is 2. The minimum atomic E-state index is 0.166. The second-order valence-corrected chi connectivity index (χ2v) is 9.41. The molecule has 2 nitrogen and oxygen atoms in total. The summed E-state index contributed by atoms with van der Waals surface area (Å²) in [6.07, 6.45) is 9.17. The first-order valence-corrected chi connectivity index (χ1v) is 11.8. The van der Waals surface area contributed by atoms with E-state index < -0.39 is 0 Å². The molecule has 5 rings (SSSR count). The van der Waals surface area contributed by atoms with Crippen molar-refractivity contribution in [1.29, 1.82) is 0 Å². The molecule has 2 aromatic carbocycles. The van der Waals surface area contributed by atoms with Gasteiger partial charge in [0.05, 0.1) is 4.88 Å². The maximum Gasteiger partial charge on any atom is 0.169 e. The van der Waals surface area contributed by atoms with Crippen molar-refractivity contribution in [3.63, 3.8) is 0 Å². The van der Waals surface area contributed by atoms with Gasteiger partial charge in [-0.05, 0) is 78.6 Å². The number of fused-ring (bicyclic) bond motifs is 1. The molecule has 0 bridgehead atoms. The molecule has 156 valence electrons. The van der Waals surface area contributed by atoms with Gasteiger partial charge in [0.1, 0.15) is 12.4 Å². The van der Waals surface area contributed by atoms with E-state index in [0.29, 0.717) is 12.5 Å². The first-order valence-electron chi connectivity index (χ1n) is 11.0. The molecule has 3 heteroatoms. The van der Waals surface area contributed by atoms with Gasteiger partial charge in [-0.3, -0.25) is 4.79 Å². The van der Waals surface area contributed by atoms with Crippen LogP contribution in [0.25, 0.3) is 11.1 Å². The van der Waals surface area contributed by atoms with E-state index in [9.17, 15) is 4.79 Å². The zero-order valence-corrected chi connectivity index (χ0v) is 18.6. The summed E-state index contributed by atoms with van der Waals surface area (Å²) < 4.78 is 5.98. The van der Waals surface area contributed by atoms with Crippen LogP contribution in [0.5, 0.6) is 5.75 Å². The predicted octanol–water partition coefficient (Wildman–Crippen LogP) is 7.35. The summed E-state index contributed by atoms with van der Waals surface area (Å²) in [7, 11) is 0. The molecule has 1 aromatic heterocycles. The van der Waals surface area contributed by atoms with Crippen LogP contribution < -0.4 is 4.74 Å². The first-order chi connectivity index (χ1) is 15.2. The molecule has 0 amide bonds. The van der Waals surface area contributed by atoms with Crippen molar-refractivity contribution in [1.82, 2.24) is 0 Å². The van der Waals surface area contributed by atoms with E-state index in [1.54, 1.807) is 18.3 Å². The summed E-state index contributed by atoms with van der Waals surface area (Å²) in [5.41, 5.74) is 6.57. The van der Waals surface area contributed by atoms with Crippen LogP contribution in [0.15, 0.2) is 72.8 Å². The van der Waals surface area contributed by atoms with Gasteiger partial charge < -0.3 is 4.74 Å². The average Bonchev–Trinajstić information content (AvgIpc) is 3.38. The van der Waals surface area contributed by atoms with Gasteiger partial charge in [-0.2, -0.15) is 0 Å². The normalized spacial score (nSPS) is 17.6. The van der Waals surface area contributed by atoms with E-state index in [1.807, 2.05) is 18.2 Å². The highest BCUT2D eigenvalue weighted by Gasteiger charge is 2.30. The van der Waals surface area contributed by atoms with Crippen LogP contribution in [0.2, 0.25) is 0 Å². The molecule has 31 heavy (non-hydrogen) atoms. The summed E-state index contributed by atoms with van der Waals surface area (Å²) >= 11 is 1.67. The Hall–Kier alpha value is -2.91. The topological polar surface area (TPSA) is 26.3 Å². The van der Waals surface area contributed by atoms with Crippen LogP contribution in [-0.2, 0) is 13.0 Å². The molecule has 1 unspecified atom stereocenters. The Kier molecular flexibility index (Phi) is 5.61. The van der Waals surface area contributed by atoms with E-state index in [4.69, 9.17) is 4.74 Å². The fourth-order valence-corrected chi connectivity index (χ4v) is 5.79. The largest absolute Gasteiger partial charge is 0.489 e. The zero-order chi connectivity index (χ0) is 21.2. The van der Waals surface area contributed by atoms with Gasteiger partial charge >= 0.3 is 0 Å². The molecule has 1 heterocycles. The van der Waals surface area contributed by atoms with E-state index in [1.165, 1.54) is 52.0 Å². The second kappa shape index (κ2) is 8.68. The van der Waals surface area contributed by atoms with Gasteiger partial charge in [-0.1, -0.05) is 54.6 Å². The fourth-order valence-electron chi connectivity index (χ4n) is 4.58. The number of rotatable bonds is 6. The number of thiophene rings is 1. The standard InChI is InChI=1S/C28H26O2S/c1-19(29)26-17-23-16-25(27(28(23)31-26)22-10-6-3-7-11-22)21-12-14-24(15-13-21)30-18-20-8-4-2-5-9-20/h2,4-6,8-10,12-15,17,22H,3,7,11,16,18H2,1H3. The molecule has 1 atom stereocenters. The monoisotopic (exact) mass is 426 g/mol. The van der Waals surface area contributed by atoms with Crippen molar-refractivity contribution in [3.05, 3.63) is 99.3 Å². The molecule has 0 spiro atoms. The number of ketones is 1. The summed E-state index contributed by atoms with van der Waals surface area (Å²) in [6, 6.07) is 20.9. The number of carbonyl (C=O) groups is 1. The van der Waals surface area contributed by atoms with E-state index in [2.05, 4.69) is 54.6 Å². The molecule has 0 saturated carbocycles. The summed E-state index contributed by atoms with van der Waals surface area (Å²) in [5.74, 6) is 1.50. The van der Waals surface area contributed by atoms with Crippen LogP contribution >= 0.6 is 11.3 Å². The SMILES string of the molecule is CC(=O)c1cc2c(s1)C(C1C=CCCC1)=C(c1ccc(OCc3ccccc3)cc1)C2. The Morgan fingerprint density at radius 1 is 1.10 bits per heavy atom. The highest BCUT2D eigenvalue weighted by molar-refractivity contribution is 7.15. The Balaban J connectivity index is 1.44. The minimum Gasteiger partial charge on any atom is -0.489 e. The minimum absolute atomic E-state index is 0.166. The van der Waals surface area contributed by atoms with E-state index >= 15 is 0 Å². The quantitative estimate of drug-likeness (QED) is 0.304. The zero-order valence-electron chi connectivity index (χ0n) is 17.8. The number of allylic oxidation sites excluding steroid dienone is 4. The van der Waals surface area contributed by atoms with Gasteiger partial charge in [0.25, 0.3) is 0 Å². The first kappa shape index (κ1) is 20.0. The maximum absolute atomic E-state index is 12.0. The lowest BCUT2D eigenvalue weighted by Crippen LogP contribution is -2.04. The molecule has 2 aliphatic carbocycles. The highest BCUT2D eigenvalue weighted by atomic mass is 32.1. The van der Waals surface area contributed by atoms with Crippen LogP contribution in [0.1, 0.15) is 57.4 Å². The lowest BCUT2D eigenvalue weighted by atomic mass is 9.86. The Morgan fingerprint density at radius 2 is 1.90 bits per heavy atom. The van der Waals surface area contributed by atoms with Crippen molar-refractivity contribution < 1.29 is 9.53 Å². The number of hydrogen-bond donors (Lipinski definition) is 0. The number of ether oxygens (including phenoxy) is 1. The highest BCUT2D eigenvalue weighted by Crippen LogP contribution is 2.48. The molecule has 0 radical (unpaired) electrons. The number of carbonyl (C=O) groups excluding carboxylic acids is 1. The van der Waals surface area contributed by atoms with E-state index in [0.717, 1.165) is 17.0 Å². The molecular weight excluding hydrogens is 400 g/mol. The summed E-state index contributed by atoms with van der Waals surface area (Å²) in [5, 5.41) is 0. The van der Waals surface area contributed by atoms with E-state index in [-0.39, 0.29) is 5.78 Å². The van der Waals surface area contributed by atoms with Crippen molar-refractivity contribution in [2.75, 3.05) is 0 Å². The second-order valence-electron chi connectivity index (χ2n) is 8.35. The molecular formula is C28H26O2S. The molecule has 0 saturated heterocycles. The van der Waals surface area contributed by atoms with Crippen LogP contribution in [-0.4, -0.2) is 5.78 Å². The van der Waals surface area contributed by atoms with Gasteiger partial charge in [0.2, 0.25) is 0 Å². The third kappa shape index (κ3) is 4.15. The smallest absolute Gasteiger partial charge is 0.169 e. The molecule has 3 aromatic rings. The number of Topliss-reactive ketones (excluding diaryl/α,β-unsaturated/α-hetero) is 1. The van der Waals surface area contributed by atoms with Gasteiger partial charge in [0, 0.05) is 10.8 Å².